The minimum atomic E-state index is 0.676. The molecule has 1 aliphatic carbocycles. The van der Waals surface area contributed by atoms with Crippen molar-refractivity contribution >= 4 is 21.5 Å². The molecule has 0 fully saturated rings. The molecule has 0 atom stereocenters. The van der Waals surface area contributed by atoms with Crippen LogP contribution in [0.15, 0.2) is 152 Å². The van der Waals surface area contributed by atoms with Gasteiger partial charge in [-0.05, 0) is 73.5 Å². The summed E-state index contributed by atoms with van der Waals surface area (Å²) in [6.45, 7) is 0. The van der Waals surface area contributed by atoms with Crippen LogP contribution in [0.3, 0.4) is 0 Å². The van der Waals surface area contributed by atoms with E-state index in [1.54, 1.807) is 0 Å². The van der Waals surface area contributed by atoms with Gasteiger partial charge in [0.25, 0.3) is 0 Å². The predicted octanol–water partition coefficient (Wildman–Crippen LogP) is 10.4. The molecule has 9 rings (SSSR count). The van der Waals surface area contributed by atoms with Gasteiger partial charge in [0.15, 0.2) is 17.5 Å². The van der Waals surface area contributed by atoms with Crippen LogP contribution in [0.25, 0.3) is 78.0 Å². The molecular formula is C42H27N3. The minimum absolute atomic E-state index is 0.676. The van der Waals surface area contributed by atoms with Crippen LogP contribution in [-0.2, 0) is 6.42 Å². The molecule has 0 bridgehead atoms. The van der Waals surface area contributed by atoms with Crippen LogP contribution in [0.1, 0.15) is 11.1 Å². The lowest BCUT2D eigenvalue weighted by atomic mass is 9.92. The van der Waals surface area contributed by atoms with Gasteiger partial charge in [-0.2, -0.15) is 0 Å². The summed E-state index contributed by atoms with van der Waals surface area (Å²) in [7, 11) is 0. The van der Waals surface area contributed by atoms with Gasteiger partial charge in [0.05, 0.1) is 0 Å². The van der Waals surface area contributed by atoms with Gasteiger partial charge in [-0.1, -0.05) is 140 Å². The first-order valence-corrected chi connectivity index (χ1v) is 15.3. The molecule has 8 aromatic rings. The Morgan fingerprint density at radius 1 is 0.333 bits per heavy atom. The molecule has 1 heterocycles. The maximum atomic E-state index is 4.96. The lowest BCUT2D eigenvalue weighted by molar-refractivity contribution is 1.07. The maximum Gasteiger partial charge on any atom is 0.164 e. The summed E-state index contributed by atoms with van der Waals surface area (Å²) in [6, 6.07) is 53.6. The van der Waals surface area contributed by atoms with Crippen molar-refractivity contribution in [2.45, 2.75) is 6.42 Å². The van der Waals surface area contributed by atoms with Gasteiger partial charge in [0, 0.05) is 16.7 Å². The number of hydrogen-bond acceptors (Lipinski definition) is 3. The second kappa shape index (κ2) is 10.4. The van der Waals surface area contributed by atoms with Crippen molar-refractivity contribution in [1.29, 1.82) is 0 Å². The van der Waals surface area contributed by atoms with E-state index in [-0.39, 0.29) is 0 Å². The minimum Gasteiger partial charge on any atom is -0.208 e. The first-order chi connectivity index (χ1) is 22.3. The van der Waals surface area contributed by atoms with Crippen molar-refractivity contribution in [2.75, 3.05) is 0 Å². The Bertz CT molecular complexity index is 2340. The molecule has 0 saturated heterocycles. The van der Waals surface area contributed by atoms with Gasteiger partial charge in [-0.15, -0.1) is 0 Å². The molecule has 0 amide bonds. The standard InChI is InChI=1S/C42H27N3/c1-3-11-27(12-4-1)40-43-41(28-13-5-2-6-14-28)45-42(44-40)31-20-22-36-33(24-31)25-32-23-30(19-21-35(32)36)39-26-29-15-7-8-16-34(29)37-17-9-10-18-38(37)39/h1-24,26H,25H2. The molecule has 7 aromatic carbocycles. The Hall–Kier alpha value is -5.93. The summed E-state index contributed by atoms with van der Waals surface area (Å²) in [5.41, 5.74) is 10.7. The zero-order valence-corrected chi connectivity index (χ0v) is 24.5. The zero-order chi connectivity index (χ0) is 29.7. The van der Waals surface area contributed by atoms with Crippen molar-refractivity contribution in [3.8, 4) is 56.4 Å². The molecular weight excluding hydrogens is 546 g/mol. The molecule has 0 N–H and O–H groups in total. The van der Waals surface area contributed by atoms with E-state index in [0.717, 1.165) is 23.1 Å². The van der Waals surface area contributed by atoms with E-state index in [0.29, 0.717) is 17.5 Å². The first kappa shape index (κ1) is 25.6. The van der Waals surface area contributed by atoms with Gasteiger partial charge in [0.2, 0.25) is 0 Å². The third-order valence-electron chi connectivity index (χ3n) is 8.92. The highest BCUT2D eigenvalue weighted by atomic mass is 15.0. The Labute approximate surface area is 261 Å². The SMILES string of the molecule is c1ccc(-c2nc(-c3ccccc3)nc(-c3ccc4c(c3)Cc3cc(-c5cc6ccccc6c6ccccc56)ccc3-4)n2)cc1. The largest absolute Gasteiger partial charge is 0.208 e. The average Bonchev–Trinajstić information content (AvgIpc) is 3.49. The van der Waals surface area contributed by atoms with E-state index in [2.05, 4.69) is 91.0 Å². The molecule has 3 heteroatoms. The number of nitrogens with zero attached hydrogens (tertiary/aromatic N) is 3. The van der Waals surface area contributed by atoms with Crippen LogP contribution in [0.4, 0.5) is 0 Å². The highest BCUT2D eigenvalue weighted by Gasteiger charge is 2.21. The van der Waals surface area contributed by atoms with Crippen LogP contribution >= 0.6 is 0 Å². The van der Waals surface area contributed by atoms with E-state index < -0.39 is 0 Å². The van der Waals surface area contributed by atoms with Gasteiger partial charge in [0.1, 0.15) is 0 Å². The molecule has 1 aromatic heterocycles. The van der Waals surface area contributed by atoms with Crippen molar-refractivity contribution < 1.29 is 0 Å². The number of fused-ring (bicyclic) bond motifs is 6. The van der Waals surface area contributed by atoms with E-state index in [1.165, 1.54) is 54.9 Å². The summed E-state index contributed by atoms with van der Waals surface area (Å²) in [5, 5.41) is 5.14. The summed E-state index contributed by atoms with van der Waals surface area (Å²) >= 11 is 0. The topological polar surface area (TPSA) is 38.7 Å². The molecule has 210 valence electrons. The van der Waals surface area contributed by atoms with Gasteiger partial charge >= 0.3 is 0 Å². The highest BCUT2D eigenvalue weighted by Crippen LogP contribution is 2.42. The summed E-state index contributed by atoms with van der Waals surface area (Å²) in [5.74, 6) is 2.04. The zero-order valence-electron chi connectivity index (χ0n) is 24.5. The average molecular weight is 574 g/mol. The number of rotatable bonds is 4. The van der Waals surface area contributed by atoms with Crippen molar-refractivity contribution in [2.24, 2.45) is 0 Å². The smallest absolute Gasteiger partial charge is 0.164 e. The fourth-order valence-electron chi connectivity index (χ4n) is 6.75. The molecule has 0 radical (unpaired) electrons. The molecule has 0 spiro atoms. The Morgan fingerprint density at radius 3 is 1.47 bits per heavy atom. The van der Waals surface area contributed by atoms with Gasteiger partial charge in [-0.3, -0.25) is 0 Å². The van der Waals surface area contributed by atoms with Gasteiger partial charge < -0.3 is 0 Å². The quantitative estimate of drug-likeness (QED) is 0.197. The summed E-state index contributed by atoms with van der Waals surface area (Å²) in [4.78, 5) is 14.8. The molecule has 0 unspecified atom stereocenters. The molecule has 3 nitrogen and oxygen atoms in total. The number of hydrogen-bond donors (Lipinski definition) is 0. The Kier molecular flexibility index (Phi) is 5.88. The van der Waals surface area contributed by atoms with Crippen molar-refractivity contribution in [3.05, 3.63) is 163 Å². The predicted molar refractivity (Wildman–Crippen MR) is 185 cm³/mol. The van der Waals surface area contributed by atoms with E-state index in [4.69, 9.17) is 15.0 Å². The monoisotopic (exact) mass is 573 g/mol. The summed E-state index contributed by atoms with van der Waals surface area (Å²) < 4.78 is 0. The third-order valence-corrected chi connectivity index (χ3v) is 8.92. The fourth-order valence-corrected chi connectivity index (χ4v) is 6.75. The Balaban J connectivity index is 1.12. The van der Waals surface area contributed by atoms with Crippen LogP contribution in [0, 0.1) is 0 Å². The number of aromatic nitrogens is 3. The van der Waals surface area contributed by atoms with E-state index in [9.17, 15) is 0 Å². The molecule has 0 saturated carbocycles. The lowest BCUT2D eigenvalue weighted by Crippen LogP contribution is -2.00. The van der Waals surface area contributed by atoms with Gasteiger partial charge in [-0.25, -0.2) is 15.0 Å². The third kappa shape index (κ3) is 4.40. The molecule has 45 heavy (non-hydrogen) atoms. The van der Waals surface area contributed by atoms with E-state index >= 15 is 0 Å². The van der Waals surface area contributed by atoms with Crippen molar-refractivity contribution in [3.63, 3.8) is 0 Å². The number of benzene rings is 7. The molecule has 0 aliphatic heterocycles. The van der Waals surface area contributed by atoms with Crippen LogP contribution < -0.4 is 0 Å². The van der Waals surface area contributed by atoms with Crippen LogP contribution in [0.2, 0.25) is 0 Å². The summed E-state index contributed by atoms with van der Waals surface area (Å²) in [6.07, 6.45) is 0.875. The highest BCUT2D eigenvalue weighted by molar-refractivity contribution is 6.13. The fraction of sp³-hybridized carbons (Fsp3) is 0.0238. The molecule has 1 aliphatic rings. The maximum absolute atomic E-state index is 4.96. The second-order valence-corrected chi connectivity index (χ2v) is 11.6. The first-order valence-electron chi connectivity index (χ1n) is 15.3. The van der Waals surface area contributed by atoms with Crippen LogP contribution in [-0.4, -0.2) is 15.0 Å². The lowest BCUT2D eigenvalue weighted by Gasteiger charge is -2.12. The Morgan fingerprint density at radius 2 is 0.822 bits per heavy atom. The second-order valence-electron chi connectivity index (χ2n) is 11.6. The van der Waals surface area contributed by atoms with Crippen LogP contribution in [0.5, 0.6) is 0 Å². The van der Waals surface area contributed by atoms with Crippen molar-refractivity contribution in [1.82, 2.24) is 15.0 Å². The normalized spacial score (nSPS) is 11.9. The van der Waals surface area contributed by atoms with E-state index in [1.807, 2.05) is 60.7 Å².